The Morgan fingerprint density at radius 2 is 1.76 bits per heavy atom. The van der Waals surface area contributed by atoms with Crippen LogP contribution in [-0.4, -0.2) is 20.2 Å². The molecule has 3 aromatic rings. The minimum atomic E-state index is -0.954. The second kappa shape index (κ2) is 8.70. The highest BCUT2D eigenvalue weighted by atomic mass is 35.5. The monoisotopic (exact) mass is 412 g/mol. The summed E-state index contributed by atoms with van der Waals surface area (Å²) < 4.78 is 3.37. The maximum atomic E-state index is 12.9. The third-order valence-corrected chi connectivity index (χ3v) is 5.38. The van der Waals surface area contributed by atoms with Gasteiger partial charge in [0.1, 0.15) is 5.15 Å². The van der Waals surface area contributed by atoms with E-state index in [0.717, 1.165) is 29.7 Å². The van der Waals surface area contributed by atoms with E-state index in [9.17, 15) is 14.7 Å². The van der Waals surface area contributed by atoms with Crippen LogP contribution in [0.3, 0.4) is 0 Å². The van der Waals surface area contributed by atoms with Gasteiger partial charge in [0, 0.05) is 6.04 Å². The zero-order chi connectivity index (χ0) is 21.1. The molecule has 0 spiro atoms. The van der Waals surface area contributed by atoms with E-state index < -0.39 is 5.97 Å². The number of rotatable bonds is 7. The summed E-state index contributed by atoms with van der Waals surface area (Å²) in [5.74, 6) is -0.954. The quantitative estimate of drug-likeness (QED) is 0.576. The summed E-state index contributed by atoms with van der Waals surface area (Å²) in [6, 6.07) is 14.6. The van der Waals surface area contributed by atoms with Crippen molar-refractivity contribution in [3.63, 3.8) is 0 Å². The second-order valence-corrected chi connectivity index (χ2v) is 7.73. The van der Waals surface area contributed by atoms with Crippen molar-refractivity contribution < 1.29 is 9.90 Å². The van der Waals surface area contributed by atoms with Crippen molar-refractivity contribution >= 4 is 17.6 Å². The molecule has 0 aliphatic carbocycles. The van der Waals surface area contributed by atoms with Crippen LogP contribution in [0.4, 0.5) is 0 Å². The molecule has 0 aliphatic heterocycles. The van der Waals surface area contributed by atoms with Crippen molar-refractivity contribution in [1.82, 2.24) is 9.13 Å². The van der Waals surface area contributed by atoms with Crippen LogP contribution in [0.5, 0.6) is 0 Å². The second-order valence-electron chi connectivity index (χ2n) is 7.37. The van der Waals surface area contributed by atoms with Crippen LogP contribution in [0.1, 0.15) is 54.8 Å². The fraction of sp³-hybridized carbons (Fsp3) is 0.304. The van der Waals surface area contributed by atoms with Gasteiger partial charge in [-0.2, -0.15) is 0 Å². The van der Waals surface area contributed by atoms with Crippen molar-refractivity contribution in [3.8, 4) is 11.1 Å². The molecule has 1 aromatic heterocycles. The van der Waals surface area contributed by atoms with E-state index in [0.29, 0.717) is 17.3 Å². The summed E-state index contributed by atoms with van der Waals surface area (Å²) in [4.78, 5) is 24.4. The minimum absolute atomic E-state index is 0.0123. The van der Waals surface area contributed by atoms with E-state index in [1.165, 1.54) is 0 Å². The van der Waals surface area contributed by atoms with E-state index >= 15 is 0 Å². The lowest BCUT2D eigenvalue weighted by Crippen LogP contribution is -2.26. The highest BCUT2D eigenvalue weighted by Crippen LogP contribution is 2.25. The Morgan fingerprint density at radius 1 is 1.10 bits per heavy atom. The average Bonchev–Trinajstić information content (AvgIpc) is 2.93. The first kappa shape index (κ1) is 20.9. The van der Waals surface area contributed by atoms with E-state index in [1.807, 2.05) is 44.2 Å². The van der Waals surface area contributed by atoms with Crippen LogP contribution in [0.25, 0.3) is 11.1 Å². The molecule has 152 valence electrons. The smallest absolute Gasteiger partial charge is 0.336 e. The van der Waals surface area contributed by atoms with Crippen LogP contribution in [0.15, 0.2) is 53.3 Å². The summed E-state index contributed by atoms with van der Waals surface area (Å²) in [5, 5.41) is 9.92. The molecule has 0 amide bonds. The number of hydrogen-bond acceptors (Lipinski definition) is 2. The number of aromatic carboxylic acids is 1. The SMILES string of the molecule is CCCc1c(Cl)n(C(C)C)c(=O)n1Cc1ccc(-c2ccccc2C(=O)O)cc1. The Balaban J connectivity index is 1.96. The lowest BCUT2D eigenvalue weighted by atomic mass is 9.99. The molecule has 0 unspecified atom stereocenters. The summed E-state index contributed by atoms with van der Waals surface area (Å²) in [6.45, 7) is 6.38. The fourth-order valence-corrected chi connectivity index (χ4v) is 4.02. The van der Waals surface area contributed by atoms with Gasteiger partial charge in [0.05, 0.1) is 17.8 Å². The van der Waals surface area contributed by atoms with Gasteiger partial charge in [-0.1, -0.05) is 67.4 Å². The number of carboxylic acid groups (broad SMARTS) is 1. The fourth-order valence-electron chi connectivity index (χ4n) is 3.56. The minimum Gasteiger partial charge on any atom is -0.478 e. The van der Waals surface area contributed by atoms with Crippen molar-refractivity contribution in [3.05, 3.63) is 81.0 Å². The molecule has 0 saturated carbocycles. The molecule has 1 heterocycles. The number of carboxylic acids is 1. The number of aromatic nitrogens is 2. The molecular formula is C23H25ClN2O3. The number of benzene rings is 2. The molecule has 6 heteroatoms. The maximum absolute atomic E-state index is 12.9. The summed E-state index contributed by atoms with van der Waals surface area (Å²) >= 11 is 6.51. The molecule has 0 bridgehead atoms. The maximum Gasteiger partial charge on any atom is 0.336 e. The molecule has 0 radical (unpaired) electrons. The molecule has 1 N–H and O–H groups in total. The van der Waals surface area contributed by atoms with Gasteiger partial charge < -0.3 is 5.11 Å². The Hall–Kier alpha value is -2.79. The zero-order valence-electron chi connectivity index (χ0n) is 16.9. The highest BCUT2D eigenvalue weighted by Gasteiger charge is 2.20. The van der Waals surface area contributed by atoms with Gasteiger partial charge in [-0.25, -0.2) is 9.59 Å². The van der Waals surface area contributed by atoms with Gasteiger partial charge in [0.15, 0.2) is 0 Å². The molecule has 0 atom stereocenters. The third kappa shape index (κ3) is 4.15. The van der Waals surface area contributed by atoms with E-state index in [1.54, 1.807) is 27.3 Å². The van der Waals surface area contributed by atoms with Crippen LogP contribution in [0.2, 0.25) is 5.15 Å². The first-order chi connectivity index (χ1) is 13.8. The van der Waals surface area contributed by atoms with Crippen LogP contribution < -0.4 is 5.69 Å². The third-order valence-electron chi connectivity index (χ3n) is 4.98. The number of halogens is 1. The molecule has 0 aliphatic rings. The summed E-state index contributed by atoms with van der Waals surface area (Å²) in [7, 11) is 0. The predicted molar refractivity (Wildman–Crippen MR) is 116 cm³/mol. The van der Waals surface area contributed by atoms with Crippen molar-refractivity contribution in [2.45, 2.75) is 46.2 Å². The normalized spacial score (nSPS) is 11.2. The molecule has 0 saturated heterocycles. The molecule has 2 aromatic carbocycles. The summed E-state index contributed by atoms with van der Waals surface area (Å²) in [5.41, 5.74) is 3.47. The van der Waals surface area contributed by atoms with Crippen molar-refractivity contribution in [1.29, 1.82) is 0 Å². The van der Waals surface area contributed by atoms with E-state index in [-0.39, 0.29) is 17.3 Å². The number of hydrogen-bond donors (Lipinski definition) is 1. The predicted octanol–water partition coefficient (Wildman–Crippen LogP) is 5.25. The Labute approximate surface area is 175 Å². The van der Waals surface area contributed by atoms with Gasteiger partial charge in [0.25, 0.3) is 0 Å². The standard InChI is InChI=1S/C23H25ClN2O3/c1-4-7-20-21(24)26(15(2)3)23(29)25(20)14-16-10-12-17(13-11-16)18-8-5-6-9-19(18)22(27)28/h5-6,8-13,15H,4,7,14H2,1-3H3,(H,27,28). The largest absolute Gasteiger partial charge is 0.478 e. The van der Waals surface area contributed by atoms with Gasteiger partial charge in [-0.15, -0.1) is 0 Å². The zero-order valence-corrected chi connectivity index (χ0v) is 17.6. The molecular weight excluding hydrogens is 388 g/mol. The Bertz CT molecular complexity index is 1080. The molecule has 3 rings (SSSR count). The van der Waals surface area contributed by atoms with Crippen molar-refractivity contribution in [2.75, 3.05) is 0 Å². The number of imidazole rings is 1. The lowest BCUT2D eigenvalue weighted by Gasteiger charge is -2.09. The Kier molecular flexibility index (Phi) is 6.28. The van der Waals surface area contributed by atoms with Gasteiger partial charge in [-0.3, -0.25) is 9.13 Å². The Morgan fingerprint density at radius 3 is 2.34 bits per heavy atom. The highest BCUT2D eigenvalue weighted by molar-refractivity contribution is 6.30. The lowest BCUT2D eigenvalue weighted by molar-refractivity contribution is 0.0697. The first-order valence-electron chi connectivity index (χ1n) is 9.76. The van der Waals surface area contributed by atoms with Gasteiger partial charge in [-0.05, 0) is 43.0 Å². The molecule has 29 heavy (non-hydrogen) atoms. The number of carbonyl (C=O) groups is 1. The van der Waals surface area contributed by atoms with Crippen LogP contribution in [0, 0.1) is 0 Å². The topological polar surface area (TPSA) is 64.2 Å². The van der Waals surface area contributed by atoms with E-state index in [4.69, 9.17) is 11.6 Å². The van der Waals surface area contributed by atoms with Crippen LogP contribution >= 0.6 is 11.6 Å². The molecule has 5 nitrogen and oxygen atoms in total. The van der Waals surface area contributed by atoms with Gasteiger partial charge >= 0.3 is 11.7 Å². The average molecular weight is 413 g/mol. The molecule has 0 fully saturated rings. The van der Waals surface area contributed by atoms with E-state index in [2.05, 4.69) is 6.92 Å². The van der Waals surface area contributed by atoms with Crippen LogP contribution in [-0.2, 0) is 13.0 Å². The van der Waals surface area contributed by atoms with Gasteiger partial charge in [0.2, 0.25) is 0 Å². The number of nitrogens with zero attached hydrogens (tertiary/aromatic N) is 2. The summed E-state index contributed by atoms with van der Waals surface area (Å²) in [6.07, 6.45) is 1.63. The van der Waals surface area contributed by atoms with Crippen molar-refractivity contribution in [2.24, 2.45) is 0 Å². The first-order valence-corrected chi connectivity index (χ1v) is 10.1.